The van der Waals surface area contributed by atoms with Gasteiger partial charge < -0.3 is 26.7 Å². The molecule has 1 atom stereocenters. The van der Waals surface area contributed by atoms with Crippen LogP contribution >= 0.6 is 0 Å². The number of pyridine rings is 2. The predicted octanol–water partition coefficient (Wildman–Crippen LogP) is 1.83. The highest BCUT2D eigenvalue weighted by Gasteiger charge is 2.10. The molecule has 0 amide bonds. The third-order valence-electron chi connectivity index (χ3n) is 3.45. The van der Waals surface area contributed by atoms with E-state index in [0.717, 1.165) is 22.5 Å². The van der Waals surface area contributed by atoms with Crippen molar-refractivity contribution in [1.82, 2.24) is 9.97 Å². The number of aromatic nitrogens is 2. The number of hydrogen-bond donors (Lipinski definition) is 3. The highest BCUT2D eigenvalue weighted by molar-refractivity contribution is 5.34. The van der Waals surface area contributed by atoms with Crippen molar-refractivity contribution in [2.45, 2.75) is 33.1 Å². The van der Waals surface area contributed by atoms with Crippen LogP contribution in [0.25, 0.3) is 0 Å². The van der Waals surface area contributed by atoms with Gasteiger partial charge in [-0.3, -0.25) is 0 Å². The van der Waals surface area contributed by atoms with Gasteiger partial charge in [-0.05, 0) is 49.2 Å². The summed E-state index contributed by atoms with van der Waals surface area (Å²) in [6.45, 7) is 8.59. The van der Waals surface area contributed by atoms with Crippen LogP contribution in [0.4, 0.5) is 11.6 Å². The average molecular weight is 343 g/mol. The summed E-state index contributed by atoms with van der Waals surface area (Å²) in [7, 11) is 0. The van der Waals surface area contributed by atoms with Gasteiger partial charge in [-0.1, -0.05) is 6.58 Å². The molecule has 0 aliphatic rings. The number of nitrogens with zero attached hydrogens (tertiary/aromatic N) is 2. The van der Waals surface area contributed by atoms with Crippen LogP contribution < -0.4 is 17.2 Å². The topological polar surface area (TPSA) is 122 Å². The predicted molar refractivity (Wildman–Crippen MR) is 98.3 cm³/mol. The molecule has 0 aliphatic carbocycles. The summed E-state index contributed by atoms with van der Waals surface area (Å²) in [5.41, 5.74) is 21.0. The zero-order chi connectivity index (χ0) is 18.4. The Labute approximate surface area is 147 Å². The molecule has 2 aromatic heterocycles. The maximum atomic E-state index is 6.03. The molecule has 134 valence electrons. The molecule has 2 rings (SSSR count). The molecule has 0 bridgehead atoms. The zero-order valence-electron chi connectivity index (χ0n) is 14.7. The van der Waals surface area contributed by atoms with Gasteiger partial charge in [0.15, 0.2) is 0 Å². The highest BCUT2D eigenvalue weighted by atomic mass is 16.5. The Balaban J connectivity index is 1.78. The van der Waals surface area contributed by atoms with Gasteiger partial charge in [0.2, 0.25) is 0 Å². The van der Waals surface area contributed by atoms with Gasteiger partial charge in [0.1, 0.15) is 24.0 Å². The van der Waals surface area contributed by atoms with E-state index in [1.165, 1.54) is 0 Å². The van der Waals surface area contributed by atoms with Gasteiger partial charge in [0.25, 0.3) is 0 Å². The van der Waals surface area contributed by atoms with Crippen molar-refractivity contribution in [3.63, 3.8) is 0 Å². The molecule has 7 heteroatoms. The molecule has 0 saturated heterocycles. The maximum Gasteiger partial charge on any atom is 0.130 e. The minimum Gasteiger partial charge on any atom is -0.491 e. The van der Waals surface area contributed by atoms with Crippen LogP contribution in [0.15, 0.2) is 36.6 Å². The first kappa shape index (κ1) is 18.7. The Kier molecular flexibility index (Phi) is 6.32. The Morgan fingerprint density at radius 2 is 1.52 bits per heavy atom. The molecule has 25 heavy (non-hydrogen) atoms. The number of aryl methyl sites for hydroxylation is 2. The first-order chi connectivity index (χ1) is 11.8. The van der Waals surface area contributed by atoms with Gasteiger partial charge in [0, 0.05) is 0 Å². The van der Waals surface area contributed by atoms with Gasteiger partial charge in [-0.25, -0.2) is 9.97 Å². The van der Waals surface area contributed by atoms with E-state index in [-0.39, 0.29) is 13.2 Å². The number of nitrogens with two attached hydrogens (primary N) is 3. The van der Waals surface area contributed by atoms with Crippen molar-refractivity contribution in [3.8, 4) is 0 Å². The standard InChI is InChI=1S/C18H25N5O2/c1-11-4-14(22-17(20)6-11)8-24-10-16(19)13(3)25-9-15-5-12(2)7-18(21)23-15/h4-7,16H,3,8-10,19H2,1-2H3,(H2,20,22)(H2,21,23)/t16-/m1/s1. The van der Waals surface area contributed by atoms with E-state index in [0.29, 0.717) is 24.0 Å². The molecular formula is C18H25N5O2. The molecule has 0 aromatic carbocycles. The van der Waals surface area contributed by atoms with Crippen LogP contribution in [0.1, 0.15) is 22.5 Å². The van der Waals surface area contributed by atoms with Gasteiger partial charge in [-0.2, -0.15) is 0 Å². The third-order valence-corrected chi connectivity index (χ3v) is 3.45. The third kappa shape index (κ3) is 6.06. The zero-order valence-corrected chi connectivity index (χ0v) is 14.7. The second-order valence-electron chi connectivity index (χ2n) is 6.00. The second kappa shape index (κ2) is 8.46. The lowest BCUT2D eigenvalue weighted by molar-refractivity contribution is 0.0884. The maximum absolute atomic E-state index is 6.03. The van der Waals surface area contributed by atoms with E-state index in [2.05, 4.69) is 16.5 Å². The van der Waals surface area contributed by atoms with Gasteiger partial charge >= 0.3 is 0 Å². The lowest BCUT2D eigenvalue weighted by atomic mass is 10.2. The van der Waals surface area contributed by atoms with E-state index in [4.69, 9.17) is 26.7 Å². The monoisotopic (exact) mass is 343 g/mol. The lowest BCUT2D eigenvalue weighted by Crippen LogP contribution is -2.29. The molecule has 7 nitrogen and oxygen atoms in total. The average Bonchev–Trinajstić information content (AvgIpc) is 2.50. The van der Waals surface area contributed by atoms with Crippen LogP contribution in [0, 0.1) is 13.8 Å². The molecule has 0 saturated carbocycles. The van der Waals surface area contributed by atoms with Gasteiger partial charge in [-0.15, -0.1) is 0 Å². The van der Waals surface area contributed by atoms with Crippen LogP contribution in [-0.2, 0) is 22.7 Å². The first-order valence-corrected chi connectivity index (χ1v) is 7.94. The highest BCUT2D eigenvalue weighted by Crippen LogP contribution is 2.11. The summed E-state index contributed by atoms with van der Waals surface area (Å²) < 4.78 is 11.2. The quantitative estimate of drug-likeness (QED) is 0.625. The fourth-order valence-corrected chi connectivity index (χ4v) is 2.34. The van der Waals surface area contributed by atoms with Crippen LogP contribution in [0.3, 0.4) is 0 Å². The minimum atomic E-state index is -0.454. The van der Waals surface area contributed by atoms with Crippen molar-refractivity contribution in [2.75, 3.05) is 18.1 Å². The summed E-state index contributed by atoms with van der Waals surface area (Å²) in [5.74, 6) is 1.36. The SMILES string of the molecule is C=C(OCc1cc(C)cc(N)n1)[C@H](N)COCc1cc(C)cc(N)n1. The van der Waals surface area contributed by atoms with Crippen molar-refractivity contribution < 1.29 is 9.47 Å². The number of nitrogen functional groups attached to an aromatic ring is 2. The number of rotatable bonds is 8. The van der Waals surface area contributed by atoms with E-state index in [1.54, 1.807) is 12.1 Å². The van der Waals surface area contributed by atoms with E-state index < -0.39 is 6.04 Å². The van der Waals surface area contributed by atoms with Crippen LogP contribution in [0.5, 0.6) is 0 Å². The van der Waals surface area contributed by atoms with Crippen LogP contribution in [-0.4, -0.2) is 22.6 Å². The number of hydrogen-bond acceptors (Lipinski definition) is 7. The molecule has 0 spiro atoms. The Morgan fingerprint density at radius 1 is 1.00 bits per heavy atom. The Hall–Kier alpha value is -2.64. The fourth-order valence-electron chi connectivity index (χ4n) is 2.34. The summed E-state index contributed by atoms with van der Waals surface area (Å²) >= 11 is 0. The smallest absolute Gasteiger partial charge is 0.130 e. The molecular weight excluding hydrogens is 318 g/mol. The lowest BCUT2D eigenvalue weighted by Gasteiger charge is -2.16. The van der Waals surface area contributed by atoms with E-state index in [9.17, 15) is 0 Å². The summed E-state index contributed by atoms with van der Waals surface area (Å²) in [4.78, 5) is 8.41. The van der Waals surface area contributed by atoms with Gasteiger partial charge in [0.05, 0.1) is 30.6 Å². The molecule has 0 fully saturated rings. The summed E-state index contributed by atoms with van der Waals surface area (Å²) in [6.07, 6.45) is 0. The largest absolute Gasteiger partial charge is 0.491 e. The second-order valence-corrected chi connectivity index (χ2v) is 6.00. The molecule has 6 N–H and O–H groups in total. The van der Waals surface area contributed by atoms with Crippen molar-refractivity contribution in [2.24, 2.45) is 5.73 Å². The molecule has 2 aromatic rings. The number of anilines is 2. The van der Waals surface area contributed by atoms with Crippen molar-refractivity contribution >= 4 is 11.6 Å². The van der Waals surface area contributed by atoms with E-state index >= 15 is 0 Å². The summed E-state index contributed by atoms with van der Waals surface area (Å²) in [5, 5.41) is 0. The first-order valence-electron chi connectivity index (χ1n) is 7.94. The molecule has 0 aliphatic heterocycles. The normalized spacial score (nSPS) is 12.0. The Bertz CT molecular complexity index is 708. The van der Waals surface area contributed by atoms with Crippen molar-refractivity contribution in [1.29, 1.82) is 0 Å². The van der Waals surface area contributed by atoms with Crippen molar-refractivity contribution in [3.05, 3.63) is 59.1 Å². The van der Waals surface area contributed by atoms with E-state index in [1.807, 2.05) is 26.0 Å². The molecule has 2 heterocycles. The summed E-state index contributed by atoms with van der Waals surface area (Å²) in [6, 6.07) is 6.96. The van der Waals surface area contributed by atoms with Crippen LogP contribution in [0.2, 0.25) is 0 Å². The Morgan fingerprint density at radius 3 is 2.04 bits per heavy atom. The minimum absolute atomic E-state index is 0.258. The number of ether oxygens (including phenoxy) is 2. The fraction of sp³-hybridized carbons (Fsp3) is 0.333. The molecule has 0 unspecified atom stereocenters. The molecule has 0 radical (unpaired) electrons.